The number of hydrogen-bond donors (Lipinski definition) is 2. The van der Waals surface area contributed by atoms with Gasteiger partial charge in [-0.15, -0.1) is 0 Å². The van der Waals surface area contributed by atoms with Crippen molar-refractivity contribution in [3.8, 4) is 5.75 Å². The van der Waals surface area contributed by atoms with Crippen LogP contribution in [0.15, 0.2) is 24.3 Å². The molecule has 0 bridgehead atoms. The minimum Gasteiger partial charge on any atom is -0.478 e. The number of ether oxygens (including phenoxy) is 1. The van der Waals surface area contributed by atoms with Crippen molar-refractivity contribution in [3.05, 3.63) is 30.1 Å². The lowest BCUT2D eigenvalue weighted by Gasteiger charge is -2.31. The van der Waals surface area contributed by atoms with Gasteiger partial charge in [0, 0.05) is 20.0 Å². The fraction of sp³-hybridized carbons (Fsp3) is 0.471. The highest BCUT2D eigenvalue weighted by molar-refractivity contribution is 5.86. The molecule has 1 fully saturated rings. The van der Waals surface area contributed by atoms with E-state index in [0.717, 1.165) is 6.42 Å². The summed E-state index contributed by atoms with van der Waals surface area (Å²) in [6, 6.07) is 5.75. The zero-order chi connectivity index (χ0) is 18.4. The van der Waals surface area contributed by atoms with Gasteiger partial charge in [0.05, 0.1) is 5.92 Å². The molecule has 1 aromatic rings. The maximum Gasteiger partial charge on any atom is 0.279 e. The third-order valence-electron chi connectivity index (χ3n) is 4.06. The van der Waals surface area contributed by atoms with Crippen molar-refractivity contribution < 1.29 is 23.5 Å². The molecule has 0 aromatic heterocycles. The van der Waals surface area contributed by atoms with Gasteiger partial charge in [0.2, 0.25) is 11.8 Å². The van der Waals surface area contributed by atoms with E-state index in [1.807, 2.05) is 0 Å². The maximum atomic E-state index is 13.5. The summed E-state index contributed by atoms with van der Waals surface area (Å²) in [6.45, 7) is 3.88. The van der Waals surface area contributed by atoms with Crippen LogP contribution in [0.2, 0.25) is 0 Å². The zero-order valence-corrected chi connectivity index (χ0v) is 14.3. The Morgan fingerprint density at radius 1 is 1.28 bits per heavy atom. The predicted octanol–water partition coefficient (Wildman–Crippen LogP) is 0.999. The second kappa shape index (κ2) is 8.46. The Kier molecular flexibility index (Phi) is 6.32. The number of benzene rings is 1. The average molecular weight is 351 g/mol. The fourth-order valence-corrected chi connectivity index (χ4v) is 2.59. The summed E-state index contributed by atoms with van der Waals surface area (Å²) in [7, 11) is 0. The smallest absolute Gasteiger partial charge is 0.279 e. The molecule has 136 valence electrons. The monoisotopic (exact) mass is 351 g/mol. The Bertz CT molecular complexity index is 653. The van der Waals surface area contributed by atoms with Crippen LogP contribution in [0.5, 0.6) is 5.75 Å². The average Bonchev–Trinajstić information content (AvgIpc) is 2.61. The van der Waals surface area contributed by atoms with Crippen LogP contribution in [-0.4, -0.2) is 41.8 Å². The van der Waals surface area contributed by atoms with Crippen molar-refractivity contribution in [1.82, 2.24) is 15.8 Å². The van der Waals surface area contributed by atoms with Crippen LogP contribution in [0.25, 0.3) is 0 Å². The summed E-state index contributed by atoms with van der Waals surface area (Å²) in [6.07, 6.45) is 0.391. The summed E-state index contributed by atoms with van der Waals surface area (Å²) in [5, 5.41) is 0. The molecule has 0 radical (unpaired) electrons. The molecule has 1 heterocycles. The van der Waals surface area contributed by atoms with Crippen LogP contribution >= 0.6 is 0 Å². The second-order valence-corrected chi connectivity index (χ2v) is 5.97. The number of halogens is 1. The van der Waals surface area contributed by atoms with E-state index in [1.54, 1.807) is 11.0 Å². The molecule has 2 atom stereocenters. The van der Waals surface area contributed by atoms with Gasteiger partial charge < -0.3 is 9.64 Å². The number of carbonyl (C=O) groups is 3. The minimum atomic E-state index is -0.989. The van der Waals surface area contributed by atoms with Crippen LogP contribution in [0, 0.1) is 11.7 Å². The Morgan fingerprint density at radius 2 is 2.00 bits per heavy atom. The molecule has 25 heavy (non-hydrogen) atoms. The molecule has 0 saturated carbocycles. The number of nitrogens with one attached hydrogen (secondary N) is 2. The van der Waals surface area contributed by atoms with Gasteiger partial charge in [0.25, 0.3) is 5.91 Å². The van der Waals surface area contributed by atoms with Crippen molar-refractivity contribution in [2.24, 2.45) is 5.92 Å². The molecular weight excluding hydrogens is 329 g/mol. The second-order valence-electron chi connectivity index (χ2n) is 5.97. The van der Waals surface area contributed by atoms with E-state index >= 15 is 0 Å². The molecular formula is C17H22FN3O4. The molecule has 0 spiro atoms. The minimum absolute atomic E-state index is 0.0409. The maximum absolute atomic E-state index is 13.5. The third kappa shape index (κ3) is 5.17. The number of nitrogens with zero attached hydrogens (tertiary/aromatic N) is 1. The highest BCUT2D eigenvalue weighted by Crippen LogP contribution is 2.17. The molecule has 2 rings (SSSR count). The summed E-state index contributed by atoms with van der Waals surface area (Å²) in [4.78, 5) is 37.1. The normalized spacial score (nSPS) is 18.2. The molecule has 2 N–H and O–H groups in total. The summed E-state index contributed by atoms with van der Waals surface area (Å²) in [5.41, 5.74) is 4.62. The number of hydrazine groups is 1. The van der Waals surface area contributed by atoms with Crippen LogP contribution in [-0.2, 0) is 14.4 Å². The van der Waals surface area contributed by atoms with E-state index in [4.69, 9.17) is 4.74 Å². The topological polar surface area (TPSA) is 87.7 Å². The van der Waals surface area contributed by atoms with Gasteiger partial charge in [-0.3, -0.25) is 25.2 Å². The highest BCUT2D eigenvalue weighted by atomic mass is 19.1. The largest absolute Gasteiger partial charge is 0.478 e. The van der Waals surface area contributed by atoms with E-state index < -0.39 is 17.8 Å². The van der Waals surface area contributed by atoms with Crippen LogP contribution in [0.3, 0.4) is 0 Å². The first-order valence-electron chi connectivity index (χ1n) is 8.15. The first kappa shape index (κ1) is 18.7. The summed E-state index contributed by atoms with van der Waals surface area (Å²) < 4.78 is 18.8. The Hall–Kier alpha value is -2.64. The number of piperidine rings is 1. The van der Waals surface area contributed by atoms with Gasteiger partial charge in [-0.1, -0.05) is 12.1 Å². The molecule has 1 aliphatic rings. The van der Waals surface area contributed by atoms with Gasteiger partial charge in [-0.25, -0.2) is 4.39 Å². The molecule has 3 amide bonds. The van der Waals surface area contributed by atoms with E-state index in [2.05, 4.69) is 10.9 Å². The van der Waals surface area contributed by atoms with Gasteiger partial charge in [0.1, 0.15) is 0 Å². The van der Waals surface area contributed by atoms with E-state index in [1.165, 1.54) is 32.0 Å². The van der Waals surface area contributed by atoms with E-state index in [-0.39, 0.29) is 23.5 Å². The first-order chi connectivity index (χ1) is 11.9. The Morgan fingerprint density at radius 3 is 2.68 bits per heavy atom. The summed E-state index contributed by atoms with van der Waals surface area (Å²) >= 11 is 0. The van der Waals surface area contributed by atoms with Crippen LogP contribution < -0.4 is 15.6 Å². The van der Waals surface area contributed by atoms with Crippen molar-refractivity contribution >= 4 is 17.7 Å². The number of hydrogen-bond acceptors (Lipinski definition) is 4. The first-order valence-corrected chi connectivity index (χ1v) is 8.15. The molecule has 0 unspecified atom stereocenters. The fourth-order valence-electron chi connectivity index (χ4n) is 2.59. The van der Waals surface area contributed by atoms with Gasteiger partial charge in [-0.2, -0.15) is 0 Å². The predicted molar refractivity (Wildman–Crippen MR) is 87.8 cm³/mol. The van der Waals surface area contributed by atoms with Gasteiger partial charge in [0.15, 0.2) is 17.7 Å². The lowest BCUT2D eigenvalue weighted by molar-refractivity contribution is -0.137. The third-order valence-corrected chi connectivity index (χ3v) is 4.06. The number of likely N-dealkylation sites (tertiary alicyclic amines) is 1. The van der Waals surface area contributed by atoms with Crippen LogP contribution in [0.4, 0.5) is 4.39 Å². The lowest BCUT2D eigenvalue weighted by Crippen LogP contribution is -2.52. The molecule has 8 heteroatoms. The highest BCUT2D eigenvalue weighted by Gasteiger charge is 2.27. The van der Waals surface area contributed by atoms with E-state index in [0.29, 0.717) is 19.5 Å². The number of rotatable bonds is 4. The van der Waals surface area contributed by atoms with Gasteiger partial charge >= 0.3 is 0 Å². The molecule has 1 saturated heterocycles. The SMILES string of the molecule is CC(=O)N1CCC[C@H](C(=O)NNC(=O)[C@@H](C)Oc2ccccc2F)C1. The summed E-state index contributed by atoms with van der Waals surface area (Å²) in [5.74, 6) is -2.03. The van der Waals surface area contributed by atoms with Crippen molar-refractivity contribution in [2.45, 2.75) is 32.8 Å². The lowest BCUT2D eigenvalue weighted by atomic mass is 9.97. The number of amides is 3. The molecule has 7 nitrogen and oxygen atoms in total. The Balaban J connectivity index is 1.81. The molecule has 1 aliphatic heterocycles. The molecule has 1 aromatic carbocycles. The van der Waals surface area contributed by atoms with Crippen molar-refractivity contribution in [1.29, 1.82) is 0 Å². The van der Waals surface area contributed by atoms with Crippen molar-refractivity contribution in [2.75, 3.05) is 13.1 Å². The van der Waals surface area contributed by atoms with Crippen molar-refractivity contribution in [3.63, 3.8) is 0 Å². The standard InChI is InChI=1S/C17H22FN3O4/c1-11(25-15-8-4-3-7-14(15)18)16(23)19-20-17(24)13-6-5-9-21(10-13)12(2)22/h3-4,7-8,11,13H,5-6,9-10H2,1-2H3,(H,19,23)(H,20,24)/t11-,13+/m1/s1. The molecule has 0 aliphatic carbocycles. The van der Waals surface area contributed by atoms with E-state index in [9.17, 15) is 18.8 Å². The number of para-hydroxylation sites is 1. The quantitative estimate of drug-likeness (QED) is 0.792. The van der Waals surface area contributed by atoms with Gasteiger partial charge in [-0.05, 0) is 31.9 Å². The van der Waals surface area contributed by atoms with Crippen LogP contribution in [0.1, 0.15) is 26.7 Å². The Labute approximate surface area is 145 Å². The zero-order valence-electron chi connectivity index (χ0n) is 14.3. The number of carbonyl (C=O) groups excluding carboxylic acids is 3.